The Hall–Kier alpha value is -2.78. The van der Waals surface area contributed by atoms with Crippen LogP contribution in [0, 0.1) is 19.7 Å². The van der Waals surface area contributed by atoms with Crippen LogP contribution < -0.4 is 10.2 Å². The zero-order valence-corrected chi connectivity index (χ0v) is 19.3. The monoisotopic (exact) mass is 502 g/mol. The number of hydrogen-bond donors (Lipinski definition) is 1. The summed E-state index contributed by atoms with van der Waals surface area (Å²) in [4.78, 5) is 20.7. The van der Waals surface area contributed by atoms with E-state index in [0.29, 0.717) is 16.5 Å². The van der Waals surface area contributed by atoms with E-state index >= 15 is 0 Å². The molecule has 0 fully saturated rings. The van der Waals surface area contributed by atoms with Gasteiger partial charge in [-0.25, -0.2) is 19.8 Å². The summed E-state index contributed by atoms with van der Waals surface area (Å²) in [5, 5.41) is 4.58. The van der Waals surface area contributed by atoms with Gasteiger partial charge in [0.2, 0.25) is 0 Å². The van der Waals surface area contributed by atoms with Crippen molar-refractivity contribution in [3.05, 3.63) is 81.3 Å². The van der Waals surface area contributed by atoms with Gasteiger partial charge in [0.15, 0.2) is 5.16 Å². The Bertz CT molecular complexity index is 1070. The van der Waals surface area contributed by atoms with Crippen molar-refractivity contribution in [3.8, 4) is 5.75 Å². The largest absolute Gasteiger partial charge is 0.488 e. The third kappa shape index (κ3) is 7.45. The van der Waals surface area contributed by atoms with Gasteiger partial charge in [-0.2, -0.15) is 5.10 Å². The number of carbonyl (C=O) groups is 1. The lowest BCUT2D eigenvalue weighted by Gasteiger charge is -2.10. The van der Waals surface area contributed by atoms with Crippen LogP contribution in [0.3, 0.4) is 0 Å². The number of hydrazone groups is 1. The minimum absolute atomic E-state index is 0.145. The Kier molecular flexibility index (Phi) is 8.13. The van der Waals surface area contributed by atoms with E-state index in [1.54, 1.807) is 18.2 Å². The van der Waals surface area contributed by atoms with Crippen LogP contribution in [-0.2, 0) is 11.4 Å². The Morgan fingerprint density at radius 3 is 2.58 bits per heavy atom. The summed E-state index contributed by atoms with van der Waals surface area (Å²) in [6, 6.07) is 13.5. The van der Waals surface area contributed by atoms with Gasteiger partial charge in [0.25, 0.3) is 5.91 Å². The molecule has 0 saturated carbocycles. The van der Waals surface area contributed by atoms with Crippen LogP contribution in [0.2, 0.25) is 0 Å². The van der Waals surface area contributed by atoms with Crippen molar-refractivity contribution in [3.63, 3.8) is 0 Å². The highest BCUT2D eigenvalue weighted by Crippen LogP contribution is 2.23. The quantitative estimate of drug-likeness (QED) is 0.207. The van der Waals surface area contributed by atoms with Crippen molar-refractivity contribution in [1.29, 1.82) is 0 Å². The molecule has 0 bridgehead atoms. The van der Waals surface area contributed by atoms with E-state index < -0.39 is 0 Å². The molecule has 0 saturated heterocycles. The maximum absolute atomic E-state index is 13.0. The average Bonchev–Trinajstić information content (AvgIpc) is 2.72. The van der Waals surface area contributed by atoms with Crippen LogP contribution in [0.15, 0.2) is 63.3 Å². The molecular weight excluding hydrogens is 483 g/mol. The van der Waals surface area contributed by atoms with Crippen LogP contribution in [0.4, 0.5) is 4.39 Å². The SMILES string of the molecule is Cc1cc(C)nc(SCC(=O)N/N=C\c2cc(Br)ccc2OCc2ccc(F)cc2)n1. The molecular formula is C22H20BrFN4O2S. The topological polar surface area (TPSA) is 76.5 Å². The molecule has 3 aromatic rings. The van der Waals surface area contributed by atoms with E-state index in [2.05, 4.69) is 36.4 Å². The predicted octanol–water partition coefficient (Wildman–Crippen LogP) is 4.82. The first-order valence-corrected chi connectivity index (χ1v) is 11.1. The van der Waals surface area contributed by atoms with Crippen LogP contribution in [0.25, 0.3) is 0 Å². The molecule has 1 heterocycles. The highest BCUT2D eigenvalue weighted by atomic mass is 79.9. The van der Waals surface area contributed by atoms with E-state index in [1.807, 2.05) is 32.0 Å². The molecule has 0 spiro atoms. The van der Waals surface area contributed by atoms with Gasteiger partial charge in [-0.15, -0.1) is 0 Å². The van der Waals surface area contributed by atoms with Crippen LogP contribution in [0.1, 0.15) is 22.5 Å². The number of rotatable bonds is 8. The Morgan fingerprint density at radius 2 is 1.87 bits per heavy atom. The van der Waals surface area contributed by atoms with Crippen LogP contribution >= 0.6 is 27.7 Å². The van der Waals surface area contributed by atoms with Crippen LogP contribution in [0.5, 0.6) is 5.75 Å². The van der Waals surface area contributed by atoms with E-state index in [4.69, 9.17) is 4.74 Å². The van der Waals surface area contributed by atoms with Gasteiger partial charge >= 0.3 is 0 Å². The molecule has 3 rings (SSSR count). The zero-order chi connectivity index (χ0) is 22.2. The lowest BCUT2D eigenvalue weighted by Crippen LogP contribution is -2.20. The minimum atomic E-state index is -0.293. The molecule has 0 unspecified atom stereocenters. The second kappa shape index (κ2) is 11.0. The number of carbonyl (C=O) groups excluding carboxylic acids is 1. The van der Waals surface area contributed by atoms with Gasteiger partial charge in [0.05, 0.1) is 12.0 Å². The summed E-state index contributed by atoms with van der Waals surface area (Å²) in [6.07, 6.45) is 1.51. The van der Waals surface area contributed by atoms with E-state index in [-0.39, 0.29) is 24.1 Å². The van der Waals surface area contributed by atoms with Gasteiger partial charge in [-0.3, -0.25) is 4.79 Å². The molecule has 160 valence electrons. The van der Waals surface area contributed by atoms with E-state index in [1.165, 1.54) is 30.1 Å². The highest BCUT2D eigenvalue weighted by molar-refractivity contribution is 9.10. The van der Waals surface area contributed by atoms with Crippen molar-refractivity contribution < 1.29 is 13.9 Å². The van der Waals surface area contributed by atoms with Gasteiger partial charge in [0.1, 0.15) is 18.2 Å². The van der Waals surface area contributed by atoms with Crippen molar-refractivity contribution in [2.45, 2.75) is 25.6 Å². The number of nitrogens with zero attached hydrogens (tertiary/aromatic N) is 3. The highest BCUT2D eigenvalue weighted by Gasteiger charge is 2.07. The summed E-state index contributed by atoms with van der Waals surface area (Å²) >= 11 is 4.67. The summed E-state index contributed by atoms with van der Waals surface area (Å²) < 4.78 is 19.7. The number of nitrogens with one attached hydrogen (secondary N) is 1. The fourth-order valence-corrected chi connectivity index (χ4v) is 3.71. The summed E-state index contributed by atoms with van der Waals surface area (Å²) in [6.45, 7) is 4.05. The lowest BCUT2D eigenvalue weighted by atomic mass is 10.2. The molecule has 0 aliphatic rings. The number of halogens is 2. The lowest BCUT2D eigenvalue weighted by molar-refractivity contribution is -0.118. The average molecular weight is 503 g/mol. The van der Waals surface area contributed by atoms with Crippen LogP contribution in [-0.4, -0.2) is 27.8 Å². The molecule has 0 radical (unpaired) electrons. The standard InChI is InChI=1S/C22H20BrFN4O2S/c1-14-9-15(2)27-22(26-14)31-13-21(29)28-25-11-17-10-18(23)5-8-20(17)30-12-16-3-6-19(24)7-4-16/h3-11H,12-13H2,1-2H3,(H,28,29)/b25-11-. The third-order valence-electron chi connectivity index (χ3n) is 3.97. The zero-order valence-electron chi connectivity index (χ0n) is 16.9. The maximum Gasteiger partial charge on any atom is 0.250 e. The first-order valence-electron chi connectivity index (χ1n) is 9.33. The number of ether oxygens (including phenoxy) is 1. The molecule has 0 aliphatic heterocycles. The molecule has 1 amide bonds. The number of benzene rings is 2. The van der Waals surface area contributed by atoms with E-state index in [0.717, 1.165) is 21.4 Å². The predicted molar refractivity (Wildman–Crippen MR) is 123 cm³/mol. The Balaban J connectivity index is 1.57. The second-order valence-corrected chi connectivity index (χ2v) is 8.47. The van der Waals surface area contributed by atoms with Gasteiger partial charge < -0.3 is 4.74 Å². The maximum atomic E-state index is 13.0. The molecule has 9 heteroatoms. The normalized spacial score (nSPS) is 11.0. The van der Waals surface area contributed by atoms with Crippen molar-refractivity contribution >= 4 is 39.8 Å². The molecule has 1 N–H and O–H groups in total. The number of aryl methyl sites for hydroxylation is 2. The van der Waals surface area contributed by atoms with Gasteiger partial charge in [0, 0.05) is 21.4 Å². The molecule has 0 aliphatic carbocycles. The third-order valence-corrected chi connectivity index (χ3v) is 5.31. The minimum Gasteiger partial charge on any atom is -0.488 e. The van der Waals surface area contributed by atoms with Crippen molar-refractivity contribution in [1.82, 2.24) is 15.4 Å². The Morgan fingerprint density at radius 1 is 1.16 bits per heavy atom. The van der Waals surface area contributed by atoms with Gasteiger partial charge in [-0.05, 0) is 55.8 Å². The molecule has 31 heavy (non-hydrogen) atoms. The number of amides is 1. The van der Waals surface area contributed by atoms with Gasteiger partial charge in [-0.1, -0.05) is 39.8 Å². The molecule has 2 aromatic carbocycles. The second-order valence-electron chi connectivity index (χ2n) is 6.61. The van der Waals surface area contributed by atoms with E-state index in [9.17, 15) is 9.18 Å². The first kappa shape index (κ1) is 22.9. The fourth-order valence-electron chi connectivity index (χ4n) is 2.59. The smallest absolute Gasteiger partial charge is 0.250 e. The number of hydrogen-bond acceptors (Lipinski definition) is 6. The summed E-state index contributed by atoms with van der Waals surface area (Å²) in [5.74, 6) is 0.168. The first-order chi connectivity index (χ1) is 14.9. The number of thioether (sulfide) groups is 1. The molecule has 0 atom stereocenters. The molecule has 6 nitrogen and oxygen atoms in total. The summed E-state index contributed by atoms with van der Waals surface area (Å²) in [7, 11) is 0. The fraction of sp³-hybridized carbons (Fsp3) is 0.182. The number of aromatic nitrogens is 2. The van der Waals surface area contributed by atoms with Crippen molar-refractivity contribution in [2.75, 3.05) is 5.75 Å². The molecule has 1 aromatic heterocycles. The van der Waals surface area contributed by atoms with Crippen molar-refractivity contribution in [2.24, 2.45) is 5.10 Å². The summed E-state index contributed by atoms with van der Waals surface area (Å²) in [5.41, 5.74) is 5.74. The Labute approximate surface area is 192 Å².